The SMILES string of the molecule is C[Si](C)(C)Oc1ccc(C2C(CCC(O)(c3ccc(F)cc3)[Si](C)(C)C)C(=O)N2c2ccc(F)cc2)cc1. The zero-order chi connectivity index (χ0) is 27.9. The van der Waals surface area contributed by atoms with Gasteiger partial charge < -0.3 is 14.4 Å². The smallest absolute Gasteiger partial charge is 0.242 e. The van der Waals surface area contributed by atoms with Crippen LogP contribution in [-0.2, 0) is 10.0 Å². The minimum Gasteiger partial charge on any atom is -0.544 e. The van der Waals surface area contributed by atoms with E-state index in [1.54, 1.807) is 29.2 Å². The van der Waals surface area contributed by atoms with Crippen LogP contribution in [-0.4, -0.2) is 27.4 Å². The van der Waals surface area contributed by atoms with Gasteiger partial charge in [-0.1, -0.05) is 43.9 Å². The summed E-state index contributed by atoms with van der Waals surface area (Å²) in [6.45, 7) is 12.6. The van der Waals surface area contributed by atoms with E-state index < -0.39 is 21.6 Å². The first kappa shape index (κ1) is 28.2. The molecule has 3 atom stereocenters. The van der Waals surface area contributed by atoms with Crippen LogP contribution in [0.2, 0.25) is 39.3 Å². The summed E-state index contributed by atoms with van der Waals surface area (Å²) in [5, 5.41) is 10.8. The third kappa shape index (κ3) is 5.77. The lowest BCUT2D eigenvalue weighted by molar-refractivity contribution is -0.131. The molecule has 0 bridgehead atoms. The van der Waals surface area contributed by atoms with Crippen LogP contribution < -0.4 is 9.33 Å². The minimum absolute atomic E-state index is 0.0546. The summed E-state index contributed by atoms with van der Waals surface area (Å²) in [6.07, 6.45) is 0.849. The number of β-lactam (4-membered cyclic amide) rings is 1. The van der Waals surface area contributed by atoms with Gasteiger partial charge in [-0.3, -0.25) is 4.79 Å². The molecule has 0 aliphatic carbocycles. The highest BCUT2D eigenvalue weighted by atomic mass is 28.4. The Morgan fingerprint density at radius 2 is 1.37 bits per heavy atom. The molecule has 1 amide bonds. The van der Waals surface area contributed by atoms with Crippen molar-refractivity contribution in [3.8, 4) is 5.75 Å². The number of carbonyl (C=O) groups is 1. The topological polar surface area (TPSA) is 49.8 Å². The number of rotatable bonds is 9. The molecule has 8 heteroatoms. The number of benzene rings is 3. The summed E-state index contributed by atoms with van der Waals surface area (Å²) in [4.78, 5) is 15.2. The maximum atomic E-state index is 13.6. The monoisotopic (exact) mass is 553 g/mol. The number of hydrogen-bond acceptors (Lipinski definition) is 3. The van der Waals surface area contributed by atoms with Gasteiger partial charge in [-0.05, 0) is 92.1 Å². The van der Waals surface area contributed by atoms with Gasteiger partial charge in [0, 0.05) is 5.69 Å². The Morgan fingerprint density at radius 1 is 0.842 bits per heavy atom. The average Bonchev–Trinajstić information content (AvgIpc) is 2.83. The Bertz CT molecular complexity index is 1270. The highest BCUT2D eigenvalue weighted by Crippen LogP contribution is 2.48. The standard InChI is InChI=1S/C30H37F2NO3Si2/c1-37(2,3)30(35,22-9-11-23(31)12-10-22)20-19-27-28(21-7-17-26(18-8-21)36-38(4,5)6)33(29(27)34)25-15-13-24(32)14-16-25/h7-18,27-28,35H,19-20H2,1-6H3. The van der Waals surface area contributed by atoms with Crippen molar-refractivity contribution >= 4 is 28.0 Å². The number of nitrogens with zero attached hydrogens (tertiary/aromatic N) is 1. The molecule has 1 fully saturated rings. The molecule has 1 aliphatic rings. The van der Waals surface area contributed by atoms with E-state index in [4.69, 9.17) is 4.43 Å². The summed E-state index contributed by atoms with van der Waals surface area (Å²) < 4.78 is 33.4. The van der Waals surface area contributed by atoms with Gasteiger partial charge in [0.05, 0.1) is 25.3 Å². The Labute approximate surface area is 226 Å². The molecule has 3 aromatic rings. The number of amides is 1. The Hall–Kier alpha value is -2.82. The summed E-state index contributed by atoms with van der Waals surface area (Å²) in [7, 11) is -3.98. The number of aliphatic hydroxyl groups is 1. The van der Waals surface area contributed by atoms with Gasteiger partial charge in [0.1, 0.15) is 17.4 Å². The van der Waals surface area contributed by atoms with Crippen molar-refractivity contribution in [2.45, 2.75) is 63.4 Å². The summed E-state index contributed by atoms with van der Waals surface area (Å²) >= 11 is 0. The summed E-state index contributed by atoms with van der Waals surface area (Å²) in [5.74, 6) is -0.319. The Balaban J connectivity index is 1.65. The van der Waals surface area contributed by atoms with Crippen molar-refractivity contribution in [3.05, 3.63) is 95.6 Å². The average molecular weight is 554 g/mol. The number of carbonyl (C=O) groups excluding carboxylic acids is 1. The minimum atomic E-state index is -2.21. The lowest BCUT2D eigenvalue weighted by Gasteiger charge is -2.49. The summed E-state index contributed by atoms with van der Waals surface area (Å²) in [5.41, 5.74) is 2.28. The lowest BCUT2D eigenvalue weighted by atomic mass is 9.78. The molecule has 4 nitrogen and oxygen atoms in total. The molecule has 0 aromatic heterocycles. The zero-order valence-corrected chi connectivity index (χ0v) is 25.0. The molecule has 3 aromatic carbocycles. The fourth-order valence-corrected chi connectivity index (χ4v) is 8.00. The van der Waals surface area contributed by atoms with Gasteiger partial charge in [-0.25, -0.2) is 8.78 Å². The first-order chi connectivity index (χ1) is 17.7. The van der Waals surface area contributed by atoms with Gasteiger partial charge in [0.2, 0.25) is 14.2 Å². The maximum Gasteiger partial charge on any atom is 0.242 e. The van der Waals surface area contributed by atoms with E-state index >= 15 is 0 Å². The molecular formula is C30H37F2NO3Si2. The Morgan fingerprint density at radius 3 is 1.87 bits per heavy atom. The maximum absolute atomic E-state index is 13.6. The van der Waals surface area contributed by atoms with Gasteiger partial charge in [-0.15, -0.1) is 0 Å². The van der Waals surface area contributed by atoms with Crippen molar-refractivity contribution in [3.63, 3.8) is 0 Å². The predicted octanol–water partition coefficient (Wildman–Crippen LogP) is 7.43. The van der Waals surface area contributed by atoms with Crippen molar-refractivity contribution in [1.29, 1.82) is 0 Å². The highest BCUT2D eigenvalue weighted by Gasteiger charge is 2.51. The largest absolute Gasteiger partial charge is 0.544 e. The van der Waals surface area contributed by atoms with Crippen molar-refractivity contribution < 1.29 is 23.1 Å². The third-order valence-electron chi connectivity index (χ3n) is 7.34. The summed E-state index contributed by atoms with van der Waals surface area (Å²) in [6, 6.07) is 19.6. The van der Waals surface area contributed by atoms with Crippen LogP contribution in [0.15, 0.2) is 72.8 Å². The number of anilines is 1. The molecule has 0 radical (unpaired) electrons. The molecule has 1 saturated heterocycles. The van der Waals surface area contributed by atoms with Gasteiger partial charge >= 0.3 is 0 Å². The first-order valence-electron chi connectivity index (χ1n) is 13.1. The van der Waals surface area contributed by atoms with Crippen LogP contribution in [0.4, 0.5) is 14.5 Å². The van der Waals surface area contributed by atoms with Crippen molar-refractivity contribution in [1.82, 2.24) is 0 Å². The van der Waals surface area contributed by atoms with E-state index in [0.29, 0.717) is 24.1 Å². The predicted molar refractivity (Wildman–Crippen MR) is 153 cm³/mol. The molecule has 1 N–H and O–H groups in total. The second-order valence-corrected chi connectivity index (χ2v) is 21.9. The molecule has 1 heterocycles. The van der Waals surface area contributed by atoms with Gasteiger partial charge in [0.25, 0.3) is 0 Å². The van der Waals surface area contributed by atoms with Crippen LogP contribution in [0.5, 0.6) is 5.75 Å². The van der Waals surface area contributed by atoms with Crippen LogP contribution in [0.3, 0.4) is 0 Å². The van der Waals surface area contributed by atoms with Crippen LogP contribution in [0, 0.1) is 17.6 Å². The van der Waals surface area contributed by atoms with E-state index in [1.165, 1.54) is 24.3 Å². The first-order valence-corrected chi connectivity index (χ1v) is 20.0. The fraction of sp³-hybridized carbons (Fsp3) is 0.367. The van der Waals surface area contributed by atoms with Crippen molar-refractivity contribution in [2.24, 2.45) is 5.92 Å². The lowest BCUT2D eigenvalue weighted by Crippen LogP contribution is -2.56. The normalized spacial score (nSPS) is 19.6. The zero-order valence-electron chi connectivity index (χ0n) is 23.0. The number of hydrogen-bond donors (Lipinski definition) is 1. The molecule has 3 unspecified atom stereocenters. The highest BCUT2D eigenvalue weighted by molar-refractivity contribution is 6.78. The van der Waals surface area contributed by atoms with E-state index in [2.05, 4.69) is 39.3 Å². The van der Waals surface area contributed by atoms with E-state index in [9.17, 15) is 18.7 Å². The Kier molecular flexibility index (Phi) is 7.71. The third-order valence-corrected chi connectivity index (χ3v) is 11.2. The number of halogens is 2. The van der Waals surface area contributed by atoms with Crippen LogP contribution >= 0.6 is 0 Å². The second kappa shape index (κ2) is 10.4. The van der Waals surface area contributed by atoms with Gasteiger partial charge in [-0.2, -0.15) is 0 Å². The molecule has 0 saturated carbocycles. The quantitative estimate of drug-likeness (QED) is 0.221. The molecule has 202 valence electrons. The second-order valence-electron chi connectivity index (χ2n) is 12.2. The molecule has 38 heavy (non-hydrogen) atoms. The van der Waals surface area contributed by atoms with E-state index in [0.717, 1.165) is 11.3 Å². The van der Waals surface area contributed by atoms with Crippen molar-refractivity contribution in [2.75, 3.05) is 4.90 Å². The molecule has 4 rings (SSSR count). The van der Waals surface area contributed by atoms with E-state index in [-0.39, 0.29) is 29.5 Å². The molecule has 1 aliphatic heterocycles. The fourth-order valence-electron chi connectivity index (χ4n) is 5.23. The van der Waals surface area contributed by atoms with Crippen LogP contribution in [0.25, 0.3) is 0 Å². The van der Waals surface area contributed by atoms with Crippen LogP contribution in [0.1, 0.15) is 30.0 Å². The molecular weight excluding hydrogens is 517 g/mol. The molecule has 0 spiro atoms. The van der Waals surface area contributed by atoms with E-state index in [1.807, 2.05) is 24.3 Å². The van der Waals surface area contributed by atoms with Gasteiger partial charge in [0.15, 0.2) is 0 Å².